The monoisotopic (exact) mass is 285 g/mol. The van der Waals surface area contributed by atoms with E-state index in [1.807, 2.05) is 0 Å². The van der Waals surface area contributed by atoms with Crippen LogP contribution in [-0.2, 0) is 13.6 Å². The van der Waals surface area contributed by atoms with Crippen molar-refractivity contribution in [3.8, 4) is 5.88 Å². The maximum atomic E-state index is 13.5. The van der Waals surface area contributed by atoms with Crippen LogP contribution in [0, 0.1) is 24.4 Å². The van der Waals surface area contributed by atoms with Crippen LogP contribution in [0.2, 0.25) is 0 Å². The van der Waals surface area contributed by atoms with Crippen molar-refractivity contribution >= 4 is 5.69 Å². The molecule has 1 N–H and O–H groups in total. The predicted molar refractivity (Wildman–Crippen MR) is 68.1 cm³/mol. The Morgan fingerprint density at radius 3 is 2.40 bits per heavy atom. The van der Waals surface area contributed by atoms with Gasteiger partial charge in [-0.3, -0.25) is 0 Å². The fraction of sp³-hybridized carbons (Fsp3) is 0.308. The van der Waals surface area contributed by atoms with Gasteiger partial charge in [0, 0.05) is 25.7 Å². The van der Waals surface area contributed by atoms with Gasteiger partial charge >= 0.3 is 0 Å². The molecule has 108 valence electrons. The molecule has 7 heteroatoms. The largest absolute Gasteiger partial charge is 0.481 e. The highest BCUT2D eigenvalue weighted by atomic mass is 19.1. The summed E-state index contributed by atoms with van der Waals surface area (Å²) in [5.41, 5.74) is 0.981. The Balaban J connectivity index is 2.26. The molecule has 1 aromatic carbocycles. The van der Waals surface area contributed by atoms with Crippen LogP contribution in [0.1, 0.15) is 11.3 Å². The van der Waals surface area contributed by atoms with Gasteiger partial charge in [-0.05, 0) is 6.92 Å². The Bertz CT molecular complexity index is 617. The summed E-state index contributed by atoms with van der Waals surface area (Å²) in [5, 5.41) is 6.76. The van der Waals surface area contributed by atoms with Crippen molar-refractivity contribution < 1.29 is 17.9 Å². The number of halogens is 3. The van der Waals surface area contributed by atoms with Crippen molar-refractivity contribution in [1.29, 1.82) is 0 Å². The fourth-order valence-electron chi connectivity index (χ4n) is 2.03. The molecule has 0 aliphatic heterocycles. The Kier molecular flexibility index (Phi) is 3.87. The second-order valence-corrected chi connectivity index (χ2v) is 4.29. The molecule has 0 spiro atoms. The van der Waals surface area contributed by atoms with Gasteiger partial charge in [0.15, 0.2) is 11.6 Å². The summed E-state index contributed by atoms with van der Waals surface area (Å²) in [4.78, 5) is 0. The number of aryl methyl sites for hydroxylation is 2. The molecule has 2 rings (SSSR count). The number of ether oxygens (including phenoxy) is 1. The lowest BCUT2D eigenvalue weighted by Crippen LogP contribution is -2.06. The fourth-order valence-corrected chi connectivity index (χ4v) is 2.03. The maximum Gasteiger partial charge on any atom is 0.216 e. The summed E-state index contributed by atoms with van der Waals surface area (Å²) >= 11 is 0. The van der Waals surface area contributed by atoms with Crippen LogP contribution in [0.15, 0.2) is 12.1 Å². The summed E-state index contributed by atoms with van der Waals surface area (Å²) in [7, 11) is 3.19. The molecule has 20 heavy (non-hydrogen) atoms. The normalized spacial score (nSPS) is 10.7. The highest BCUT2D eigenvalue weighted by Gasteiger charge is 2.16. The van der Waals surface area contributed by atoms with Crippen LogP contribution in [0.5, 0.6) is 5.88 Å². The number of hydrogen-bond acceptors (Lipinski definition) is 3. The number of benzene rings is 1. The Morgan fingerprint density at radius 2 is 1.85 bits per heavy atom. The number of anilines is 1. The zero-order chi connectivity index (χ0) is 14.9. The van der Waals surface area contributed by atoms with Crippen LogP contribution in [0.4, 0.5) is 18.9 Å². The lowest BCUT2D eigenvalue weighted by molar-refractivity contribution is 0.369. The van der Waals surface area contributed by atoms with E-state index in [0.29, 0.717) is 29.3 Å². The van der Waals surface area contributed by atoms with Crippen molar-refractivity contribution in [3.63, 3.8) is 0 Å². The Hall–Kier alpha value is -2.18. The van der Waals surface area contributed by atoms with Gasteiger partial charge in [-0.1, -0.05) is 0 Å². The molecule has 0 unspecified atom stereocenters. The first-order valence-electron chi connectivity index (χ1n) is 5.89. The molecule has 0 bridgehead atoms. The van der Waals surface area contributed by atoms with E-state index in [-0.39, 0.29) is 12.2 Å². The van der Waals surface area contributed by atoms with Gasteiger partial charge in [0.05, 0.1) is 18.4 Å². The Labute approximate surface area is 114 Å². The topological polar surface area (TPSA) is 39.1 Å². The average molecular weight is 285 g/mol. The second kappa shape index (κ2) is 5.44. The minimum atomic E-state index is -0.983. The molecule has 4 nitrogen and oxygen atoms in total. The van der Waals surface area contributed by atoms with Crippen LogP contribution < -0.4 is 10.1 Å². The van der Waals surface area contributed by atoms with Crippen LogP contribution in [-0.4, -0.2) is 16.9 Å². The third-order valence-electron chi connectivity index (χ3n) is 2.93. The first kappa shape index (κ1) is 14.2. The quantitative estimate of drug-likeness (QED) is 0.939. The van der Waals surface area contributed by atoms with Crippen molar-refractivity contribution in [3.05, 3.63) is 40.8 Å². The summed E-state index contributed by atoms with van der Waals surface area (Å²) in [6, 6.07) is 1.25. The van der Waals surface area contributed by atoms with Gasteiger partial charge in [0.2, 0.25) is 5.88 Å². The van der Waals surface area contributed by atoms with Crippen molar-refractivity contribution in [2.75, 3.05) is 12.4 Å². The van der Waals surface area contributed by atoms with Gasteiger partial charge in [0.25, 0.3) is 0 Å². The number of nitrogens with one attached hydrogen (secondary N) is 1. The summed E-state index contributed by atoms with van der Waals surface area (Å²) in [6.07, 6.45) is 0. The molecule has 0 fully saturated rings. The number of aromatic nitrogens is 2. The van der Waals surface area contributed by atoms with E-state index in [2.05, 4.69) is 10.4 Å². The summed E-state index contributed by atoms with van der Waals surface area (Å²) < 4.78 is 46.5. The SMILES string of the molecule is COc1c(CNc2c(F)cc(F)cc2F)c(C)nn1C. The van der Waals surface area contributed by atoms with Crippen LogP contribution in [0.3, 0.4) is 0 Å². The van der Waals surface area contributed by atoms with Crippen LogP contribution in [0.25, 0.3) is 0 Å². The van der Waals surface area contributed by atoms with Gasteiger partial charge in [0.1, 0.15) is 11.5 Å². The number of hydrogen-bond donors (Lipinski definition) is 1. The molecule has 0 aliphatic rings. The molecule has 2 aromatic rings. The van der Waals surface area contributed by atoms with E-state index in [9.17, 15) is 13.2 Å². The standard InChI is InChI=1S/C13H14F3N3O/c1-7-9(13(20-3)19(2)18-7)6-17-12-10(15)4-8(14)5-11(12)16/h4-5,17H,6H2,1-3H3. The second-order valence-electron chi connectivity index (χ2n) is 4.29. The van der Waals surface area contributed by atoms with E-state index in [4.69, 9.17) is 4.74 Å². The molecule has 0 radical (unpaired) electrons. The molecule has 1 heterocycles. The molecular formula is C13H14F3N3O. The van der Waals surface area contributed by atoms with E-state index in [1.165, 1.54) is 11.8 Å². The lowest BCUT2D eigenvalue weighted by Gasteiger charge is -2.10. The van der Waals surface area contributed by atoms with Crippen LogP contribution >= 0.6 is 0 Å². The van der Waals surface area contributed by atoms with E-state index >= 15 is 0 Å². The molecule has 0 aliphatic carbocycles. The first-order chi connectivity index (χ1) is 9.43. The zero-order valence-electron chi connectivity index (χ0n) is 11.3. The van der Waals surface area contributed by atoms with Gasteiger partial charge in [-0.15, -0.1) is 0 Å². The minimum absolute atomic E-state index is 0.113. The van der Waals surface area contributed by atoms with Gasteiger partial charge < -0.3 is 10.1 Å². The zero-order valence-corrected chi connectivity index (χ0v) is 11.3. The molecule has 0 amide bonds. The lowest BCUT2D eigenvalue weighted by atomic mass is 10.2. The van der Waals surface area contributed by atoms with E-state index < -0.39 is 17.5 Å². The van der Waals surface area contributed by atoms with Gasteiger partial charge in [-0.2, -0.15) is 5.10 Å². The molecular weight excluding hydrogens is 271 g/mol. The first-order valence-corrected chi connectivity index (χ1v) is 5.89. The Morgan fingerprint density at radius 1 is 1.25 bits per heavy atom. The number of methoxy groups -OCH3 is 1. The predicted octanol–water partition coefficient (Wildman–Crippen LogP) is 2.77. The van der Waals surface area contributed by atoms with Gasteiger partial charge in [-0.25, -0.2) is 17.9 Å². The third-order valence-corrected chi connectivity index (χ3v) is 2.93. The van der Waals surface area contributed by atoms with Crippen molar-refractivity contribution in [2.24, 2.45) is 7.05 Å². The number of rotatable bonds is 4. The van der Waals surface area contributed by atoms with Crippen molar-refractivity contribution in [2.45, 2.75) is 13.5 Å². The third kappa shape index (κ3) is 2.56. The van der Waals surface area contributed by atoms with Crippen molar-refractivity contribution in [1.82, 2.24) is 9.78 Å². The molecule has 0 saturated heterocycles. The molecule has 0 atom stereocenters. The summed E-state index contributed by atoms with van der Waals surface area (Å²) in [5.74, 6) is -2.43. The van der Waals surface area contributed by atoms with E-state index in [1.54, 1.807) is 14.0 Å². The highest BCUT2D eigenvalue weighted by Crippen LogP contribution is 2.25. The molecule has 1 aromatic heterocycles. The maximum absolute atomic E-state index is 13.5. The number of nitrogens with zero attached hydrogens (tertiary/aromatic N) is 2. The smallest absolute Gasteiger partial charge is 0.216 e. The van der Waals surface area contributed by atoms with E-state index in [0.717, 1.165) is 0 Å². The summed E-state index contributed by atoms with van der Waals surface area (Å²) in [6.45, 7) is 1.87. The average Bonchev–Trinajstić information content (AvgIpc) is 2.62. The molecule has 0 saturated carbocycles. The minimum Gasteiger partial charge on any atom is -0.481 e. The highest BCUT2D eigenvalue weighted by molar-refractivity contribution is 5.48.